The molecule has 0 unspecified atom stereocenters. The number of aromatic nitrogens is 2. The van der Waals surface area contributed by atoms with Crippen LogP contribution in [-0.2, 0) is 11.3 Å². The lowest BCUT2D eigenvalue weighted by Crippen LogP contribution is -2.47. The highest BCUT2D eigenvalue weighted by molar-refractivity contribution is 5.98. The highest BCUT2D eigenvalue weighted by atomic mass is 19.1. The van der Waals surface area contributed by atoms with Gasteiger partial charge in [0.15, 0.2) is 0 Å². The second-order valence-corrected chi connectivity index (χ2v) is 12.3. The first-order chi connectivity index (χ1) is 20.4. The zero-order valence-electron chi connectivity index (χ0n) is 24.0. The Morgan fingerprint density at radius 3 is 2.24 bits per heavy atom. The van der Waals surface area contributed by atoms with Gasteiger partial charge in [-0.3, -0.25) is 9.59 Å². The summed E-state index contributed by atoms with van der Waals surface area (Å²) in [7, 11) is 2.08. The normalized spacial score (nSPS) is 21.2. The smallest absolute Gasteiger partial charge is 0.254 e. The van der Waals surface area contributed by atoms with Gasteiger partial charge in [-0.25, -0.2) is 9.37 Å². The largest absolute Gasteiger partial charge is 0.336 e. The number of rotatable bonds is 7. The number of piperazine rings is 1. The van der Waals surface area contributed by atoms with Crippen LogP contribution in [0.25, 0.3) is 33.5 Å². The molecule has 3 aromatic carbocycles. The second kappa shape index (κ2) is 10.7. The number of imidazole rings is 1. The summed E-state index contributed by atoms with van der Waals surface area (Å²) in [4.78, 5) is 36.5. The van der Waals surface area contributed by atoms with E-state index in [-0.39, 0.29) is 17.6 Å². The maximum absolute atomic E-state index is 13.7. The van der Waals surface area contributed by atoms with E-state index < -0.39 is 5.41 Å². The highest BCUT2D eigenvalue weighted by Gasteiger charge is 2.48. The average molecular weight is 566 g/mol. The van der Waals surface area contributed by atoms with Gasteiger partial charge in [-0.2, -0.15) is 0 Å². The summed E-state index contributed by atoms with van der Waals surface area (Å²) in [6.45, 7) is 5.15. The fraction of sp³-hybridized carbons (Fsp3) is 0.382. The van der Waals surface area contributed by atoms with Crippen LogP contribution in [0.15, 0.2) is 66.7 Å². The summed E-state index contributed by atoms with van der Waals surface area (Å²) >= 11 is 0. The number of benzene rings is 3. The number of carbonyl (C=O) groups excluding carboxylic acids is 2. The predicted molar refractivity (Wildman–Crippen MR) is 162 cm³/mol. The van der Waals surface area contributed by atoms with Gasteiger partial charge < -0.3 is 19.7 Å². The van der Waals surface area contributed by atoms with E-state index in [0.29, 0.717) is 37.5 Å². The van der Waals surface area contributed by atoms with Gasteiger partial charge in [0.25, 0.3) is 5.91 Å². The minimum Gasteiger partial charge on any atom is -0.336 e. The Labute approximate surface area is 245 Å². The first-order valence-electron chi connectivity index (χ1n) is 15.0. The van der Waals surface area contributed by atoms with Crippen molar-refractivity contribution >= 4 is 22.7 Å². The maximum atomic E-state index is 13.7. The lowest BCUT2D eigenvalue weighted by atomic mass is 9.80. The number of likely N-dealkylation sites (N-methyl/N-ethyl adjacent to an activating group) is 1. The van der Waals surface area contributed by atoms with E-state index in [1.54, 1.807) is 12.1 Å². The number of fused-ring (bicyclic) bond motifs is 1. The van der Waals surface area contributed by atoms with Crippen molar-refractivity contribution in [3.8, 4) is 22.5 Å². The van der Waals surface area contributed by atoms with Crippen molar-refractivity contribution < 1.29 is 14.0 Å². The molecule has 3 aliphatic rings. The Hall–Kier alpha value is -3.88. The van der Waals surface area contributed by atoms with Crippen LogP contribution in [0.5, 0.6) is 0 Å². The van der Waals surface area contributed by atoms with E-state index in [4.69, 9.17) is 4.98 Å². The van der Waals surface area contributed by atoms with Gasteiger partial charge in [-0.1, -0.05) is 36.4 Å². The number of hydrogen-bond acceptors (Lipinski definition) is 5. The molecule has 8 heteroatoms. The third-order valence-electron chi connectivity index (χ3n) is 9.28. The Bertz CT molecular complexity index is 1630. The Kier molecular flexibility index (Phi) is 6.91. The monoisotopic (exact) mass is 565 g/mol. The van der Waals surface area contributed by atoms with Gasteiger partial charge >= 0.3 is 0 Å². The van der Waals surface area contributed by atoms with Crippen LogP contribution < -0.4 is 5.32 Å². The van der Waals surface area contributed by atoms with Crippen molar-refractivity contribution in [2.45, 2.75) is 25.8 Å². The van der Waals surface area contributed by atoms with Gasteiger partial charge in [0, 0.05) is 56.3 Å². The van der Waals surface area contributed by atoms with E-state index in [1.165, 1.54) is 12.1 Å². The van der Waals surface area contributed by atoms with Crippen molar-refractivity contribution in [2.75, 3.05) is 46.3 Å². The van der Waals surface area contributed by atoms with Crippen LogP contribution in [0.2, 0.25) is 0 Å². The Morgan fingerprint density at radius 1 is 0.929 bits per heavy atom. The number of nitrogens with one attached hydrogen (secondary N) is 1. The number of halogens is 1. The lowest BCUT2D eigenvalue weighted by molar-refractivity contribution is -0.129. The summed E-state index contributed by atoms with van der Waals surface area (Å²) in [6.07, 6.45) is 2.75. The van der Waals surface area contributed by atoms with Crippen molar-refractivity contribution in [3.63, 3.8) is 0 Å². The summed E-state index contributed by atoms with van der Waals surface area (Å²) in [5, 5.41) is 3.46. The van der Waals surface area contributed by atoms with Gasteiger partial charge in [0.05, 0.1) is 16.4 Å². The number of ketones is 1. The van der Waals surface area contributed by atoms with Crippen LogP contribution >= 0.6 is 0 Å². The molecule has 1 saturated carbocycles. The molecule has 1 amide bonds. The molecule has 216 valence electrons. The third kappa shape index (κ3) is 5.03. The standard InChI is InChI=1S/C34H36FN5O2/c1-38-16-18-39(19-17-38)33(42)27-10-13-29-30(20-27)40(22-34(14-15-36-21-34)31(41)25-4-5-25)32(37-29)26-6-2-23(3-7-26)24-8-11-28(35)12-9-24/h2-3,6-13,20,25,36H,4-5,14-19,21-22H2,1H3/t34-/m0/s1. The zero-order chi connectivity index (χ0) is 28.8. The van der Waals surface area contributed by atoms with E-state index in [2.05, 4.69) is 21.8 Å². The SMILES string of the molecule is CN1CCN(C(=O)c2ccc3nc(-c4ccc(-c5ccc(F)cc5)cc4)n(C[C@]4(C(=O)C5CC5)CCNC4)c3c2)CC1. The minimum atomic E-state index is -0.491. The number of amides is 1. The molecular formula is C34H36FN5O2. The van der Waals surface area contributed by atoms with Crippen molar-refractivity contribution in [2.24, 2.45) is 11.3 Å². The summed E-state index contributed by atoms with van der Waals surface area (Å²) < 4.78 is 15.7. The quantitative estimate of drug-likeness (QED) is 0.347. The molecule has 1 aromatic heterocycles. The molecule has 1 N–H and O–H groups in total. The Balaban J connectivity index is 1.30. The topological polar surface area (TPSA) is 70.5 Å². The number of nitrogens with zero attached hydrogens (tertiary/aromatic N) is 4. The van der Waals surface area contributed by atoms with Crippen LogP contribution in [0.4, 0.5) is 4.39 Å². The molecule has 7 rings (SSSR count). The van der Waals surface area contributed by atoms with E-state index >= 15 is 0 Å². The number of hydrogen-bond donors (Lipinski definition) is 1. The summed E-state index contributed by atoms with van der Waals surface area (Å²) in [5.74, 6) is 1.08. The number of Topliss-reactive ketones (excluding diaryl/α,β-unsaturated/α-hetero) is 1. The molecule has 3 heterocycles. The van der Waals surface area contributed by atoms with Crippen LogP contribution in [0.3, 0.4) is 0 Å². The molecule has 4 aromatic rings. The fourth-order valence-corrected chi connectivity index (χ4v) is 6.53. The summed E-state index contributed by atoms with van der Waals surface area (Å²) in [6, 6.07) is 20.4. The molecule has 0 spiro atoms. The van der Waals surface area contributed by atoms with Crippen molar-refractivity contribution in [1.29, 1.82) is 0 Å². The Morgan fingerprint density at radius 2 is 1.60 bits per heavy atom. The predicted octanol–water partition coefficient (Wildman–Crippen LogP) is 4.86. The van der Waals surface area contributed by atoms with Crippen LogP contribution in [-0.4, -0.2) is 77.4 Å². The van der Waals surface area contributed by atoms with Gasteiger partial charge in [0.2, 0.25) is 0 Å². The second-order valence-electron chi connectivity index (χ2n) is 12.3. The fourth-order valence-electron chi connectivity index (χ4n) is 6.53. The van der Waals surface area contributed by atoms with Gasteiger partial charge in [0.1, 0.15) is 17.4 Å². The van der Waals surface area contributed by atoms with Crippen LogP contribution in [0.1, 0.15) is 29.6 Å². The molecule has 7 nitrogen and oxygen atoms in total. The number of carbonyl (C=O) groups is 2. The maximum Gasteiger partial charge on any atom is 0.254 e. The van der Waals surface area contributed by atoms with E-state index in [1.807, 2.05) is 47.4 Å². The van der Waals surface area contributed by atoms with Gasteiger partial charge in [-0.05, 0) is 74.3 Å². The molecule has 1 aliphatic carbocycles. The molecular weight excluding hydrogens is 529 g/mol. The first-order valence-corrected chi connectivity index (χ1v) is 15.0. The van der Waals surface area contributed by atoms with Crippen molar-refractivity contribution in [1.82, 2.24) is 24.7 Å². The zero-order valence-corrected chi connectivity index (χ0v) is 24.0. The highest BCUT2D eigenvalue weighted by Crippen LogP contribution is 2.42. The third-order valence-corrected chi connectivity index (χ3v) is 9.28. The van der Waals surface area contributed by atoms with Gasteiger partial charge in [-0.15, -0.1) is 0 Å². The van der Waals surface area contributed by atoms with Crippen LogP contribution in [0, 0.1) is 17.2 Å². The molecule has 2 aliphatic heterocycles. The molecule has 2 saturated heterocycles. The molecule has 0 bridgehead atoms. The first kappa shape index (κ1) is 27.0. The summed E-state index contributed by atoms with van der Waals surface area (Å²) in [5.41, 5.74) is 4.71. The molecule has 42 heavy (non-hydrogen) atoms. The molecule has 3 fully saturated rings. The molecule has 0 radical (unpaired) electrons. The lowest BCUT2D eigenvalue weighted by Gasteiger charge is -2.32. The van der Waals surface area contributed by atoms with E-state index in [0.717, 1.165) is 72.4 Å². The average Bonchev–Trinajstić information content (AvgIpc) is 3.66. The van der Waals surface area contributed by atoms with E-state index in [9.17, 15) is 14.0 Å². The minimum absolute atomic E-state index is 0.0363. The molecule has 1 atom stereocenters. The van der Waals surface area contributed by atoms with Crippen molar-refractivity contribution in [3.05, 3.63) is 78.1 Å².